The number of aliphatic hydroxyl groups excluding tert-OH is 1. The highest BCUT2D eigenvalue weighted by atomic mass is 32.2. The minimum atomic E-state index is -1.24. The van der Waals surface area contributed by atoms with E-state index in [0.717, 1.165) is 9.78 Å². The molecule has 7 nitrogen and oxygen atoms in total. The second-order valence-electron chi connectivity index (χ2n) is 5.13. The van der Waals surface area contributed by atoms with Crippen LogP contribution < -0.4 is 5.32 Å². The highest BCUT2D eigenvalue weighted by Gasteiger charge is 2.54. The van der Waals surface area contributed by atoms with Crippen LogP contribution in [0.1, 0.15) is 4.88 Å². The fourth-order valence-corrected chi connectivity index (χ4v) is 4.64. The van der Waals surface area contributed by atoms with E-state index in [2.05, 4.69) is 5.32 Å². The Balaban J connectivity index is 1.69. The largest absolute Gasteiger partial charge is 0.477 e. The molecule has 2 aliphatic heterocycles. The maximum absolute atomic E-state index is 12.2. The summed E-state index contributed by atoms with van der Waals surface area (Å²) < 4.78 is 0. The van der Waals surface area contributed by atoms with Crippen LogP contribution in [0.25, 0.3) is 0 Å². The molecule has 0 aliphatic carbocycles. The van der Waals surface area contributed by atoms with Crippen LogP contribution >= 0.6 is 23.1 Å². The molecular weight excluding hydrogens is 340 g/mol. The van der Waals surface area contributed by atoms with E-state index < -0.39 is 29.9 Å². The predicted molar refractivity (Wildman–Crippen MR) is 84.8 cm³/mol. The predicted octanol–water partition coefficient (Wildman–Crippen LogP) is 0.0215. The van der Waals surface area contributed by atoms with Crippen LogP contribution in [0, 0.1) is 0 Å². The number of thioether (sulfide) groups is 1. The molecule has 0 radical (unpaired) electrons. The Morgan fingerprint density at radius 1 is 1.43 bits per heavy atom. The smallest absolute Gasteiger partial charge is 0.352 e. The molecule has 2 atom stereocenters. The van der Waals surface area contributed by atoms with Crippen LogP contribution in [0.5, 0.6) is 0 Å². The quantitative estimate of drug-likeness (QED) is 0.644. The normalized spacial score (nSPS) is 23.3. The number of carboxylic acid groups (broad SMARTS) is 1. The van der Waals surface area contributed by atoms with Gasteiger partial charge >= 0.3 is 5.97 Å². The van der Waals surface area contributed by atoms with Crippen molar-refractivity contribution in [3.05, 3.63) is 33.7 Å². The van der Waals surface area contributed by atoms with Crippen molar-refractivity contribution in [1.82, 2.24) is 10.2 Å². The van der Waals surface area contributed by atoms with Crippen LogP contribution in [0.4, 0.5) is 0 Å². The topological polar surface area (TPSA) is 107 Å². The fourth-order valence-electron chi connectivity index (χ4n) is 2.60. The number of carboxylic acids is 1. The van der Waals surface area contributed by atoms with Crippen LogP contribution in [0.2, 0.25) is 0 Å². The first-order valence-corrected chi connectivity index (χ1v) is 8.78. The molecule has 0 spiro atoms. The number of thiophene rings is 1. The first-order valence-electron chi connectivity index (χ1n) is 6.85. The highest BCUT2D eigenvalue weighted by Crippen LogP contribution is 2.40. The number of hydrogen-bond donors (Lipinski definition) is 3. The number of carbonyl (C=O) groups is 3. The summed E-state index contributed by atoms with van der Waals surface area (Å²) >= 11 is 2.80. The Bertz CT molecular complexity index is 685. The SMILES string of the molecule is O=C(Cc1cccs1)N[C@@H]1C(=O)N2C(C(=O)O)=C(CO)CS[C@@H]12. The summed E-state index contributed by atoms with van der Waals surface area (Å²) in [7, 11) is 0. The van der Waals surface area contributed by atoms with Crippen LogP contribution in [-0.4, -0.2) is 56.7 Å². The minimum absolute atomic E-state index is 0.162. The number of hydrogen-bond acceptors (Lipinski definition) is 6. The third-order valence-corrected chi connectivity index (χ3v) is 5.89. The van der Waals surface area contributed by atoms with Crippen molar-refractivity contribution in [2.45, 2.75) is 17.8 Å². The van der Waals surface area contributed by atoms with E-state index in [1.165, 1.54) is 23.1 Å². The van der Waals surface area contributed by atoms with Gasteiger partial charge in [-0.3, -0.25) is 14.5 Å². The summed E-state index contributed by atoms with van der Waals surface area (Å²) in [5.74, 6) is -1.63. The number of β-lactam (4-membered cyclic amide) rings is 1. The molecule has 1 aromatic rings. The Hall–Kier alpha value is -1.84. The molecular formula is C14H14N2O5S2. The molecule has 3 heterocycles. The van der Waals surface area contributed by atoms with E-state index in [4.69, 9.17) is 0 Å². The molecule has 1 saturated heterocycles. The summed E-state index contributed by atoms with van der Waals surface area (Å²) in [4.78, 5) is 37.6. The molecule has 3 N–H and O–H groups in total. The molecule has 0 unspecified atom stereocenters. The second-order valence-corrected chi connectivity index (χ2v) is 7.26. The average molecular weight is 354 g/mol. The number of amides is 2. The Labute approximate surface area is 140 Å². The van der Waals surface area contributed by atoms with Crippen molar-refractivity contribution in [2.24, 2.45) is 0 Å². The van der Waals surface area contributed by atoms with Gasteiger partial charge in [0.1, 0.15) is 17.1 Å². The molecule has 1 aromatic heterocycles. The van der Waals surface area contributed by atoms with Crippen LogP contribution in [0.3, 0.4) is 0 Å². The molecule has 0 saturated carbocycles. The zero-order chi connectivity index (χ0) is 16.6. The van der Waals surface area contributed by atoms with Crippen molar-refractivity contribution in [1.29, 1.82) is 0 Å². The maximum Gasteiger partial charge on any atom is 0.352 e. The lowest BCUT2D eigenvalue weighted by atomic mass is 10.0. The molecule has 122 valence electrons. The van der Waals surface area contributed by atoms with Gasteiger partial charge in [0, 0.05) is 10.6 Å². The van der Waals surface area contributed by atoms with Gasteiger partial charge in [-0.2, -0.15) is 0 Å². The van der Waals surface area contributed by atoms with Gasteiger partial charge < -0.3 is 15.5 Å². The summed E-state index contributed by atoms with van der Waals surface area (Å²) in [6.45, 7) is -0.402. The molecule has 3 rings (SSSR count). The van der Waals surface area contributed by atoms with Gasteiger partial charge in [0.15, 0.2) is 0 Å². The Kier molecular flexibility index (Phi) is 4.42. The molecule has 2 aliphatic rings. The van der Waals surface area contributed by atoms with E-state index >= 15 is 0 Å². The monoisotopic (exact) mass is 354 g/mol. The minimum Gasteiger partial charge on any atom is -0.477 e. The second kappa shape index (κ2) is 6.34. The highest BCUT2D eigenvalue weighted by molar-refractivity contribution is 8.00. The number of nitrogens with zero attached hydrogens (tertiary/aromatic N) is 1. The third-order valence-electron chi connectivity index (χ3n) is 3.67. The molecule has 23 heavy (non-hydrogen) atoms. The number of aliphatic carboxylic acids is 1. The van der Waals surface area contributed by atoms with Crippen molar-refractivity contribution in [3.8, 4) is 0 Å². The van der Waals surface area contributed by atoms with E-state index in [1.54, 1.807) is 0 Å². The van der Waals surface area contributed by atoms with Gasteiger partial charge in [0.25, 0.3) is 5.91 Å². The molecule has 0 aromatic carbocycles. The molecule has 2 amide bonds. The van der Waals surface area contributed by atoms with Crippen LogP contribution in [0.15, 0.2) is 28.8 Å². The lowest BCUT2D eigenvalue weighted by molar-refractivity contribution is -0.150. The first-order chi connectivity index (χ1) is 11.0. The van der Waals surface area contributed by atoms with Crippen molar-refractivity contribution >= 4 is 40.9 Å². The number of fused-ring (bicyclic) bond motifs is 1. The van der Waals surface area contributed by atoms with E-state index in [-0.39, 0.29) is 18.0 Å². The Morgan fingerprint density at radius 2 is 2.22 bits per heavy atom. The van der Waals surface area contributed by atoms with Crippen molar-refractivity contribution < 1.29 is 24.6 Å². The zero-order valence-electron chi connectivity index (χ0n) is 11.9. The van der Waals surface area contributed by atoms with Crippen LogP contribution in [-0.2, 0) is 20.8 Å². The number of nitrogens with one attached hydrogen (secondary N) is 1. The van der Waals surface area contributed by atoms with E-state index in [0.29, 0.717) is 11.3 Å². The van der Waals surface area contributed by atoms with Gasteiger partial charge in [0.05, 0.1) is 13.0 Å². The zero-order valence-corrected chi connectivity index (χ0v) is 13.5. The third kappa shape index (κ3) is 2.87. The van der Waals surface area contributed by atoms with Gasteiger partial charge in [0.2, 0.25) is 5.91 Å². The maximum atomic E-state index is 12.2. The van der Waals surface area contributed by atoms with Gasteiger partial charge in [-0.25, -0.2) is 4.79 Å². The van der Waals surface area contributed by atoms with E-state index in [9.17, 15) is 24.6 Å². The van der Waals surface area contributed by atoms with Gasteiger partial charge in [-0.1, -0.05) is 6.07 Å². The number of carbonyl (C=O) groups excluding carboxylic acids is 2. The van der Waals surface area contributed by atoms with E-state index in [1.807, 2.05) is 17.5 Å². The standard InChI is InChI=1S/C14H14N2O5S2/c17-5-7-6-23-13-10(12(19)16(13)11(7)14(20)21)15-9(18)4-8-2-1-3-22-8/h1-3,10,13,17H,4-6H2,(H,15,18)(H,20,21)/t10-,13+/m1/s1. The number of aliphatic hydroxyl groups is 1. The number of rotatable bonds is 5. The first kappa shape index (κ1) is 16.0. The molecule has 1 fully saturated rings. The fraction of sp³-hybridized carbons (Fsp3) is 0.357. The Morgan fingerprint density at radius 3 is 2.83 bits per heavy atom. The van der Waals surface area contributed by atoms with Gasteiger partial charge in [-0.05, 0) is 17.0 Å². The van der Waals surface area contributed by atoms with Crippen molar-refractivity contribution in [2.75, 3.05) is 12.4 Å². The summed E-state index contributed by atoms with van der Waals surface area (Å²) in [5.41, 5.74) is 0.153. The lowest BCUT2D eigenvalue weighted by Crippen LogP contribution is -2.70. The van der Waals surface area contributed by atoms with Crippen molar-refractivity contribution in [3.63, 3.8) is 0 Å². The average Bonchev–Trinajstić information content (AvgIpc) is 3.03. The molecule has 9 heteroatoms. The summed E-state index contributed by atoms with van der Waals surface area (Å²) in [6, 6.07) is 2.97. The summed E-state index contributed by atoms with van der Waals surface area (Å²) in [6.07, 6.45) is 0.197. The lowest BCUT2D eigenvalue weighted by Gasteiger charge is -2.49. The summed E-state index contributed by atoms with van der Waals surface area (Å²) in [5, 5.41) is 22.6. The van der Waals surface area contributed by atoms with Gasteiger partial charge in [-0.15, -0.1) is 23.1 Å². The molecule has 0 bridgehead atoms.